The van der Waals surface area contributed by atoms with Gasteiger partial charge >= 0.3 is 0 Å². The minimum absolute atomic E-state index is 0.423. The summed E-state index contributed by atoms with van der Waals surface area (Å²) in [6.45, 7) is 3.82. The summed E-state index contributed by atoms with van der Waals surface area (Å²) >= 11 is 1.97. The minimum atomic E-state index is 0.423. The normalized spacial score (nSPS) is 17.0. The molecule has 0 radical (unpaired) electrons. The summed E-state index contributed by atoms with van der Waals surface area (Å²) in [6.07, 6.45) is 3.94. The van der Waals surface area contributed by atoms with E-state index in [4.69, 9.17) is 5.73 Å². The molecule has 0 bridgehead atoms. The van der Waals surface area contributed by atoms with E-state index in [0.29, 0.717) is 12.6 Å². The van der Waals surface area contributed by atoms with Gasteiger partial charge in [-0.15, -0.1) is 11.3 Å². The number of nitrogens with one attached hydrogen (secondary N) is 1. The zero-order chi connectivity index (χ0) is 9.97. The van der Waals surface area contributed by atoms with E-state index in [-0.39, 0.29) is 0 Å². The van der Waals surface area contributed by atoms with Crippen molar-refractivity contribution in [2.45, 2.75) is 38.8 Å². The van der Waals surface area contributed by atoms with E-state index in [1.54, 1.807) is 10.4 Å². The number of rotatable bonds is 4. The Morgan fingerprint density at radius 2 is 2.43 bits per heavy atom. The molecule has 1 atom stereocenters. The zero-order valence-corrected chi connectivity index (χ0v) is 9.49. The van der Waals surface area contributed by atoms with Crippen molar-refractivity contribution in [3.8, 4) is 0 Å². The molecule has 0 saturated heterocycles. The van der Waals surface area contributed by atoms with E-state index in [0.717, 1.165) is 6.54 Å². The molecule has 3 heteroatoms. The molecule has 0 unspecified atom stereocenters. The SMILES string of the molecule is C[C@H](CN)NCc1cc2c(s1)CCC2. The first-order valence-electron chi connectivity index (χ1n) is 5.33. The van der Waals surface area contributed by atoms with Crippen molar-refractivity contribution >= 4 is 11.3 Å². The fourth-order valence-electron chi connectivity index (χ4n) is 1.84. The van der Waals surface area contributed by atoms with Crippen LogP contribution in [-0.2, 0) is 19.4 Å². The van der Waals surface area contributed by atoms with E-state index in [1.165, 1.54) is 24.1 Å². The van der Waals surface area contributed by atoms with Crippen molar-refractivity contribution in [2.75, 3.05) is 6.54 Å². The maximum Gasteiger partial charge on any atom is 0.0302 e. The van der Waals surface area contributed by atoms with Gasteiger partial charge in [-0.25, -0.2) is 0 Å². The third-order valence-electron chi connectivity index (χ3n) is 2.78. The molecule has 2 rings (SSSR count). The first kappa shape index (κ1) is 10.1. The van der Waals surface area contributed by atoms with Gasteiger partial charge in [-0.05, 0) is 37.8 Å². The van der Waals surface area contributed by atoms with Crippen LogP contribution >= 0.6 is 11.3 Å². The monoisotopic (exact) mass is 210 g/mol. The number of thiophene rings is 1. The average molecular weight is 210 g/mol. The first-order chi connectivity index (χ1) is 6.79. The maximum atomic E-state index is 5.55. The second kappa shape index (κ2) is 4.43. The first-order valence-corrected chi connectivity index (χ1v) is 6.15. The Balaban J connectivity index is 1.91. The Kier molecular flexibility index (Phi) is 3.21. The molecular weight excluding hydrogens is 192 g/mol. The van der Waals surface area contributed by atoms with Gasteiger partial charge in [-0.2, -0.15) is 0 Å². The van der Waals surface area contributed by atoms with Crippen molar-refractivity contribution < 1.29 is 0 Å². The molecule has 78 valence electrons. The lowest BCUT2D eigenvalue weighted by Gasteiger charge is -2.09. The summed E-state index contributed by atoms with van der Waals surface area (Å²) in [6, 6.07) is 2.79. The van der Waals surface area contributed by atoms with Crippen molar-refractivity contribution in [1.82, 2.24) is 5.32 Å². The van der Waals surface area contributed by atoms with Gasteiger partial charge in [0.15, 0.2) is 0 Å². The molecule has 1 aromatic rings. The van der Waals surface area contributed by atoms with Crippen LogP contribution in [0.3, 0.4) is 0 Å². The largest absolute Gasteiger partial charge is 0.329 e. The van der Waals surface area contributed by atoms with Crippen LogP contribution < -0.4 is 11.1 Å². The molecule has 1 heterocycles. The Bertz CT molecular complexity index is 285. The highest BCUT2D eigenvalue weighted by Gasteiger charge is 2.14. The van der Waals surface area contributed by atoms with Gasteiger partial charge in [0.05, 0.1) is 0 Å². The van der Waals surface area contributed by atoms with E-state index in [1.807, 2.05) is 11.3 Å². The summed E-state index contributed by atoms with van der Waals surface area (Å²) in [5.41, 5.74) is 7.14. The van der Waals surface area contributed by atoms with Crippen molar-refractivity contribution in [3.63, 3.8) is 0 Å². The lowest BCUT2D eigenvalue weighted by molar-refractivity contribution is 0.560. The van der Waals surface area contributed by atoms with Crippen molar-refractivity contribution in [1.29, 1.82) is 0 Å². The van der Waals surface area contributed by atoms with Crippen LogP contribution in [0.1, 0.15) is 28.7 Å². The molecule has 1 aliphatic rings. The van der Waals surface area contributed by atoms with Crippen molar-refractivity contribution in [3.05, 3.63) is 21.4 Å². The summed E-state index contributed by atoms with van der Waals surface area (Å²) in [5.74, 6) is 0. The number of aryl methyl sites for hydroxylation is 2. The van der Waals surface area contributed by atoms with E-state index < -0.39 is 0 Å². The lowest BCUT2D eigenvalue weighted by atomic mass is 10.2. The zero-order valence-electron chi connectivity index (χ0n) is 8.68. The fourth-order valence-corrected chi connectivity index (χ4v) is 3.05. The topological polar surface area (TPSA) is 38.0 Å². The van der Waals surface area contributed by atoms with Gasteiger partial charge in [0, 0.05) is 28.9 Å². The molecule has 0 aliphatic heterocycles. The van der Waals surface area contributed by atoms with Crippen LogP contribution in [0.4, 0.5) is 0 Å². The third-order valence-corrected chi connectivity index (χ3v) is 4.01. The van der Waals surface area contributed by atoms with Crippen LogP contribution in [0, 0.1) is 0 Å². The quantitative estimate of drug-likeness (QED) is 0.793. The van der Waals surface area contributed by atoms with Gasteiger partial charge in [-0.3, -0.25) is 0 Å². The molecule has 0 fully saturated rings. The van der Waals surface area contributed by atoms with Crippen molar-refractivity contribution in [2.24, 2.45) is 5.73 Å². The van der Waals surface area contributed by atoms with Crippen LogP contribution in [0.25, 0.3) is 0 Å². The van der Waals surface area contributed by atoms with Crippen LogP contribution in [0.15, 0.2) is 6.07 Å². The number of nitrogens with two attached hydrogens (primary N) is 1. The Morgan fingerprint density at radius 1 is 1.57 bits per heavy atom. The predicted octanol–water partition coefficient (Wildman–Crippen LogP) is 1.67. The summed E-state index contributed by atoms with van der Waals surface area (Å²) in [4.78, 5) is 3.08. The number of hydrogen-bond acceptors (Lipinski definition) is 3. The van der Waals surface area contributed by atoms with E-state index >= 15 is 0 Å². The molecule has 1 aliphatic carbocycles. The summed E-state index contributed by atoms with van der Waals surface area (Å²) < 4.78 is 0. The molecule has 0 saturated carbocycles. The minimum Gasteiger partial charge on any atom is -0.329 e. The summed E-state index contributed by atoms with van der Waals surface area (Å²) in [5, 5.41) is 3.42. The van der Waals surface area contributed by atoms with Gasteiger partial charge in [0.25, 0.3) is 0 Å². The molecule has 2 nitrogen and oxygen atoms in total. The lowest BCUT2D eigenvalue weighted by Crippen LogP contribution is -2.32. The Labute approximate surface area is 89.5 Å². The third kappa shape index (κ3) is 2.16. The van der Waals surface area contributed by atoms with E-state index in [2.05, 4.69) is 18.3 Å². The summed E-state index contributed by atoms with van der Waals surface area (Å²) in [7, 11) is 0. The van der Waals surface area contributed by atoms with Gasteiger partial charge in [0.1, 0.15) is 0 Å². The maximum absolute atomic E-state index is 5.55. The standard InChI is InChI=1S/C11H18N2S/c1-8(6-12)13-7-10-5-9-3-2-4-11(9)14-10/h5,8,13H,2-4,6-7,12H2,1H3/t8-/m1/s1. The average Bonchev–Trinajstić information content (AvgIpc) is 2.73. The highest BCUT2D eigenvalue weighted by Crippen LogP contribution is 2.30. The number of hydrogen-bond donors (Lipinski definition) is 2. The Hall–Kier alpha value is -0.380. The predicted molar refractivity (Wildman–Crippen MR) is 61.7 cm³/mol. The van der Waals surface area contributed by atoms with Gasteiger partial charge in [-0.1, -0.05) is 0 Å². The Morgan fingerprint density at radius 3 is 3.14 bits per heavy atom. The molecule has 0 aromatic carbocycles. The molecule has 0 spiro atoms. The molecule has 1 aromatic heterocycles. The van der Waals surface area contributed by atoms with Crippen LogP contribution in [-0.4, -0.2) is 12.6 Å². The highest BCUT2D eigenvalue weighted by molar-refractivity contribution is 7.12. The van der Waals surface area contributed by atoms with Crippen LogP contribution in [0.5, 0.6) is 0 Å². The number of fused-ring (bicyclic) bond motifs is 1. The molecule has 0 amide bonds. The smallest absolute Gasteiger partial charge is 0.0302 e. The molecule has 3 N–H and O–H groups in total. The van der Waals surface area contributed by atoms with Gasteiger partial charge < -0.3 is 11.1 Å². The van der Waals surface area contributed by atoms with E-state index in [9.17, 15) is 0 Å². The van der Waals surface area contributed by atoms with Gasteiger partial charge in [0.2, 0.25) is 0 Å². The molecular formula is C11H18N2S. The second-order valence-electron chi connectivity index (χ2n) is 4.03. The highest BCUT2D eigenvalue weighted by atomic mass is 32.1. The fraction of sp³-hybridized carbons (Fsp3) is 0.636. The van der Waals surface area contributed by atoms with Crippen LogP contribution in [0.2, 0.25) is 0 Å². The second-order valence-corrected chi connectivity index (χ2v) is 5.25. The molecule has 14 heavy (non-hydrogen) atoms.